The predicted molar refractivity (Wildman–Crippen MR) is 90.2 cm³/mol. The Balaban J connectivity index is 1.38. The third-order valence-corrected chi connectivity index (χ3v) is 7.03. The second-order valence-electron chi connectivity index (χ2n) is 7.25. The first-order valence-corrected chi connectivity index (χ1v) is 8.99. The fraction of sp³-hybridized carbons (Fsp3) is 0.611. The van der Waals surface area contributed by atoms with Crippen LogP contribution in [0.4, 0.5) is 5.69 Å². The van der Waals surface area contributed by atoms with Crippen molar-refractivity contribution in [3.8, 4) is 0 Å². The molecule has 0 bridgehead atoms. The molecule has 4 rings (SSSR count). The molecule has 0 spiro atoms. The van der Waals surface area contributed by atoms with E-state index in [-0.39, 0.29) is 11.8 Å². The number of alkyl halides is 2. The minimum atomic E-state index is -0.476. The van der Waals surface area contributed by atoms with Crippen LogP contribution in [0, 0.1) is 36.5 Å². The number of anilines is 1. The summed E-state index contributed by atoms with van der Waals surface area (Å²) < 4.78 is -0.476. The Morgan fingerprint density at radius 1 is 1.14 bits per heavy atom. The number of carbonyl (C=O) groups excluding carboxylic acids is 1. The van der Waals surface area contributed by atoms with Gasteiger partial charge in [-0.25, -0.2) is 0 Å². The Kier molecular flexibility index (Phi) is 3.47. The van der Waals surface area contributed by atoms with E-state index < -0.39 is 4.33 Å². The summed E-state index contributed by atoms with van der Waals surface area (Å²) in [6, 6.07) is 8.00. The number of rotatable bonds is 2. The van der Waals surface area contributed by atoms with E-state index >= 15 is 0 Å². The Morgan fingerprint density at radius 2 is 1.77 bits per heavy atom. The van der Waals surface area contributed by atoms with Crippen LogP contribution in [0.2, 0.25) is 0 Å². The van der Waals surface area contributed by atoms with Crippen molar-refractivity contribution in [1.29, 1.82) is 0 Å². The average molecular weight is 338 g/mol. The van der Waals surface area contributed by atoms with Gasteiger partial charge in [0.1, 0.15) is 4.33 Å². The lowest BCUT2D eigenvalue weighted by atomic mass is 10.0. The summed E-state index contributed by atoms with van der Waals surface area (Å²) in [5.41, 5.74) is 2.08. The number of halogens is 2. The van der Waals surface area contributed by atoms with Crippen molar-refractivity contribution in [2.45, 2.75) is 36.9 Å². The van der Waals surface area contributed by atoms with Crippen LogP contribution < -0.4 is 5.32 Å². The Morgan fingerprint density at radius 3 is 2.36 bits per heavy atom. The van der Waals surface area contributed by atoms with Crippen LogP contribution in [-0.4, -0.2) is 10.2 Å². The predicted octanol–water partition coefficient (Wildman–Crippen LogP) is 4.79. The molecule has 1 unspecified atom stereocenters. The number of benzene rings is 1. The van der Waals surface area contributed by atoms with Gasteiger partial charge in [0.2, 0.25) is 5.91 Å². The second-order valence-corrected chi connectivity index (χ2v) is 8.70. The van der Waals surface area contributed by atoms with Crippen LogP contribution >= 0.6 is 23.2 Å². The maximum Gasteiger partial charge on any atom is 0.228 e. The summed E-state index contributed by atoms with van der Waals surface area (Å²) >= 11 is 12.7. The summed E-state index contributed by atoms with van der Waals surface area (Å²) in [6.45, 7) is 2.04. The molecular weight excluding hydrogens is 317 g/mol. The number of hydrogen-bond acceptors (Lipinski definition) is 1. The van der Waals surface area contributed by atoms with Crippen LogP contribution in [0.15, 0.2) is 24.3 Å². The molecule has 1 aromatic carbocycles. The number of carbonyl (C=O) groups is 1. The van der Waals surface area contributed by atoms with E-state index in [2.05, 4.69) is 5.32 Å². The van der Waals surface area contributed by atoms with Crippen molar-refractivity contribution in [3.63, 3.8) is 0 Å². The van der Waals surface area contributed by atoms with Crippen molar-refractivity contribution in [2.75, 3.05) is 5.32 Å². The molecule has 3 aliphatic rings. The summed E-state index contributed by atoms with van der Waals surface area (Å²) in [6.07, 6.45) is 4.35. The number of amides is 1. The van der Waals surface area contributed by atoms with Crippen molar-refractivity contribution < 1.29 is 4.79 Å². The Bertz CT molecular complexity index is 593. The van der Waals surface area contributed by atoms with Crippen LogP contribution in [-0.2, 0) is 4.79 Å². The highest BCUT2D eigenvalue weighted by atomic mass is 35.5. The molecule has 118 valence electrons. The van der Waals surface area contributed by atoms with Gasteiger partial charge >= 0.3 is 0 Å². The van der Waals surface area contributed by atoms with Crippen molar-refractivity contribution in [1.82, 2.24) is 0 Å². The van der Waals surface area contributed by atoms with Gasteiger partial charge in [0.25, 0.3) is 0 Å². The fourth-order valence-electron chi connectivity index (χ4n) is 4.56. The molecular formula is C18H21Cl2NO. The molecule has 1 N–H and O–H groups in total. The summed E-state index contributed by atoms with van der Waals surface area (Å²) in [7, 11) is 0. The van der Waals surface area contributed by atoms with E-state index in [0.29, 0.717) is 23.7 Å². The average Bonchev–Trinajstić information content (AvgIpc) is 3.23. The van der Waals surface area contributed by atoms with Gasteiger partial charge in [-0.1, -0.05) is 12.1 Å². The summed E-state index contributed by atoms with van der Waals surface area (Å²) in [5.74, 6) is 2.37. The molecule has 0 aliphatic heterocycles. The first kappa shape index (κ1) is 14.8. The SMILES string of the molecule is Cc1cccc(NC(=O)C2[C@H]3CC[C@@H]4[C@@H](CC[C@@H]23)C4(Cl)Cl)c1. The van der Waals surface area contributed by atoms with Crippen LogP contribution in [0.25, 0.3) is 0 Å². The molecule has 0 aromatic heterocycles. The zero-order valence-electron chi connectivity index (χ0n) is 12.7. The summed E-state index contributed by atoms with van der Waals surface area (Å²) in [4.78, 5) is 12.5. The Hall–Kier alpha value is -0.730. The zero-order chi connectivity index (χ0) is 15.5. The molecule has 1 aromatic rings. The maximum atomic E-state index is 12.5. The third-order valence-electron chi connectivity index (χ3n) is 5.91. The number of fused-ring (bicyclic) bond motifs is 2. The topological polar surface area (TPSA) is 29.1 Å². The minimum Gasteiger partial charge on any atom is -0.326 e. The molecule has 0 saturated heterocycles. The van der Waals surface area contributed by atoms with E-state index in [1.807, 2.05) is 31.2 Å². The number of hydrogen-bond donors (Lipinski definition) is 1. The summed E-state index contributed by atoms with van der Waals surface area (Å²) in [5, 5.41) is 3.09. The van der Waals surface area contributed by atoms with Gasteiger partial charge < -0.3 is 5.32 Å². The van der Waals surface area contributed by atoms with E-state index in [4.69, 9.17) is 23.2 Å². The smallest absolute Gasteiger partial charge is 0.228 e. The standard InChI is InChI=1S/C18H21Cl2NO/c1-10-3-2-4-11(9-10)21-17(22)16-12-5-7-14-15(18(14,19)20)8-6-13(12)16/h2-4,9,12-16H,5-8H2,1H3,(H,21,22)/t12-,13+,14-,15-,16?/m1/s1. The monoisotopic (exact) mass is 337 g/mol. The maximum absolute atomic E-state index is 12.5. The van der Waals surface area contributed by atoms with Crippen LogP contribution in [0.5, 0.6) is 0 Å². The quantitative estimate of drug-likeness (QED) is 0.772. The van der Waals surface area contributed by atoms with Gasteiger partial charge in [-0.15, -0.1) is 23.2 Å². The van der Waals surface area contributed by atoms with E-state index in [1.54, 1.807) is 0 Å². The first-order valence-electron chi connectivity index (χ1n) is 8.24. The highest BCUT2D eigenvalue weighted by Crippen LogP contribution is 2.67. The van der Waals surface area contributed by atoms with Crippen LogP contribution in [0.3, 0.4) is 0 Å². The molecule has 2 nitrogen and oxygen atoms in total. The van der Waals surface area contributed by atoms with Crippen molar-refractivity contribution >= 4 is 34.8 Å². The highest BCUT2D eigenvalue weighted by Gasteiger charge is 2.65. The Labute approximate surface area is 141 Å². The zero-order valence-corrected chi connectivity index (χ0v) is 14.2. The van der Waals surface area contributed by atoms with Crippen molar-refractivity contribution in [3.05, 3.63) is 29.8 Å². The third kappa shape index (κ3) is 2.45. The number of aryl methyl sites for hydroxylation is 1. The lowest BCUT2D eigenvalue weighted by molar-refractivity contribution is -0.117. The molecule has 0 radical (unpaired) electrons. The van der Waals surface area contributed by atoms with Gasteiger partial charge in [0.05, 0.1) is 0 Å². The molecule has 3 aliphatic carbocycles. The molecule has 3 saturated carbocycles. The molecule has 5 atom stereocenters. The van der Waals surface area contributed by atoms with E-state index in [0.717, 1.165) is 31.4 Å². The molecule has 4 heteroatoms. The van der Waals surface area contributed by atoms with Gasteiger partial charge in [-0.05, 0) is 74.0 Å². The fourth-order valence-corrected chi connectivity index (χ4v) is 5.48. The second kappa shape index (κ2) is 5.14. The minimum absolute atomic E-state index is 0.193. The number of nitrogens with one attached hydrogen (secondary N) is 1. The van der Waals surface area contributed by atoms with Gasteiger partial charge in [0, 0.05) is 11.6 Å². The first-order chi connectivity index (χ1) is 10.5. The van der Waals surface area contributed by atoms with E-state index in [9.17, 15) is 4.79 Å². The normalized spacial score (nSPS) is 38.0. The van der Waals surface area contributed by atoms with Gasteiger partial charge in [-0.2, -0.15) is 0 Å². The highest BCUT2D eigenvalue weighted by molar-refractivity contribution is 6.51. The largest absolute Gasteiger partial charge is 0.326 e. The molecule has 0 heterocycles. The molecule has 3 fully saturated rings. The van der Waals surface area contributed by atoms with E-state index in [1.165, 1.54) is 5.56 Å². The lowest BCUT2D eigenvalue weighted by Crippen LogP contribution is -2.15. The van der Waals surface area contributed by atoms with Gasteiger partial charge in [0.15, 0.2) is 0 Å². The van der Waals surface area contributed by atoms with Crippen LogP contribution in [0.1, 0.15) is 31.2 Å². The van der Waals surface area contributed by atoms with Crippen molar-refractivity contribution in [2.24, 2.45) is 29.6 Å². The lowest BCUT2D eigenvalue weighted by Gasteiger charge is -2.06. The molecule has 1 amide bonds. The van der Waals surface area contributed by atoms with Gasteiger partial charge in [-0.3, -0.25) is 4.79 Å². The molecule has 22 heavy (non-hydrogen) atoms.